The van der Waals surface area contributed by atoms with E-state index in [4.69, 9.17) is 0 Å². The summed E-state index contributed by atoms with van der Waals surface area (Å²) in [5.74, 6) is 0. The monoisotopic (exact) mass is 439 g/mol. The summed E-state index contributed by atoms with van der Waals surface area (Å²) in [4.78, 5) is 0.180. The average molecular weight is 441 g/mol. The molecule has 0 radical (unpaired) electrons. The summed E-state index contributed by atoms with van der Waals surface area (Å²) in [5.41, 5.74) is 0.0337. The lowest BCUT2D eigenvalue weighted by Crippen LogP contribution is -2.44. The highest BCUT2D eigenvalue weighted by molar-refractivity contribution is 9.11. The molecule has 1 fully saturated rings. The fraction of sp³-hybridized carbons (Fsp3) is 0.571. The van der Waals surface area contributed by atoms with Crippen LogP contribution in [0.15, 0.2) is 26.0 Å². The molecule has 0 amide bonds. The quantitative estimate of drug-likeness (QED) is 0.752. The summed E-state index contributed by atoms with van der Waals surface area (Å²) in [5, 5.41) is 10.4. The molecule has 118 valence electrons. The van der Waals surface area contributed by atoms with Crippen molar-refractivity contribution in [2.24, 2.45) is 0 Å². The number of hydrogen-bond acceptors (Lipinski definition) is 3. The molecule has 0 aliphatic heterocycles. The molecule has 1 aliphatic rings. The highest BCUT2D eigenvalue weighted by Gasteiger charge is 2.31. The van der Waals surface area contributed by atoms with Crippen LogP contribution in [0.25, 0.3) is 0 Å². The minimum Gasteiger partial charge on any atom is -0.389 e. The van der Waals surface area contributed by atoms with Gasteiger partial charge in [0.2, 0.25) is 10.0 Å². The summed E-state index contributed by atoms with van der Waals surface area (Å²) in [6.07, 6.45) is 4.28. The van der Waals surface area contributed by atoms with Crippen molar-refractivity contribution in [3.8, 4) is 0 Å². The van der Waals surface area contributed by atoms with E-state index in [0.717, 1.165) is 29.3 Å². The molecule has 0 bridgehead atoms. The van der Waals surface area contributed by atoms with Gasteiger partial charge in [0.15, 0.2) is 0 Å². The van der Waals surface area contributed by atoms with E-state index in [1.54, 1.807) is 12.1 Å². The van der Waals surface area contributed by atoms with Gasteiger partial charge in [-0.15, -0.1) is 0 Å². The first-order valence-corrected chi connectivity index (χ1v) is 9.98. The zero-order valence-corrected chi connectivity index (χ0v) is 15.8. The first-order chi connectivity index (χ1) is 9.73. The van der Waals surface area contributed by atoms with Crippen LogP contribution < -0.4 is 4.72 Å². The molecule has 7 heteroatoms. The van der Waals surface area contributed by atoms with Crippen LogP contribution in [-0.2, 0) is 10.0 Å². The van der Waals surface area contributed by atoms with E-state index in [9.17, 15) is 13.5 Å². The van der Waals surface area contributed by atoms with E-state index in [2.05, 4.69) is 36.6 Å². The van der Waals surface area contributed by atoms with Crippen LogP contribution in [0.1, 0.15) is 37.7 Å². The Bertz CT molecular complexity index is 625. The van der Waals surface area contributed by atoms with Crippen LogP contribution in [0.2, 0.25) is 0 Å². The molecular weight excluding hydrogens is 422 g/mol. The Morgan fingerprint density at radius 2 is 1.81 bits per heavy atom. The Labute approximate surface area is 142 Å². The van der Waals surface area contributed by atoms with Crippen molar-refractivity contribution in [2.75, 3.05) is 6.54 Å². The van der Waals surface area contributed by atoms with Gasteiger partial charge in [0.25, 0.3) is 0 Å². The standard InChI is InChI=1S/C14H19Br2NO3S/c1-10-7-12(16)13(8-11(10)15)21(19,20)17-9-14(18)5-3-2-4-6-14/h7-8,17-18H,2-6,9H2,1H3. The van der Waals surface area contributed by atoms with Crippen LogP contribution >= 0.6 is 31.9 Å². The minimum atomic E-state index is -3.65. The lowest BCUT2D eigenvalue weighted by Gasteiger charge is -2.32. The molecule has 0 saturated heterocycles. The SMILES string of the molecule is Cc1cc(Br)c(S(=O)(=O)NCC2(O)CCCCC2)cc1Br. The third-order valence-corrected chi connectivity index (χ3v) is 7.09. The fourth-order valence-corrected chi connectivity index (χ4v) is 5.32. The molecule has 2 N–H and O–H groups in total. The molecular formula is C14H19Br2NO3S. The van der Waals surface area contributed by atoms with Crippen molar-refractivity contribution in [3.63, 3.8) is 0 Å². The van der Waals surface area contributed by atoms with Crippen LogP contribution in [0.5, 0.6) is 0 Å². The smallest absolute Gasteiger partial charge is 0.241 e. The van der Waals surface area contributed by atoms with E-state index in [0.29, 0.717) is 17.3 Å². The van der Waals surface area contributed by atoms with Crippen molar-refractivity contribution in [2.45, 2.75) is 49.5 Å². The van der Waals surface area contributed by atoms with Gasteiger partial charge < -0.3 is 5.11 Å². The summed E-state index contributed by atoms with van der Waals surface area (Å²) in [7, 11) is -3.65. The van der Waals surface area contributed by atoms with Gasteiger partial charge in [-0.3, -0.25) is 0 Å². The molecule has 21 heavy (non-hydrogen) atoms. The maximum absolute atomic E-state index is 12.4. The van der Waals surface area contributed by atoms with E-state index in [-0.39, 0.29) is 11.4 Å². The minimum absolute atomic E-state index is 0.0628. The molecule has 0 aromatic heterocycles. The Kier molecular flexibility index (Phi) is 5.52. The first-order valence-electron chi connectivity index (χ1n) is 6.91. The number of benzene rings is 1. The number of aryl methyl sites for hydroxylation is 1. The van der Waals surface area contributed by atoms with Gasteiger partial charge in [0, 0.05) is 15.5 Å². The Hall–Kier alpha value is 0.0500. The molecule has 4 nitrogen and oxygen atoms in total. The third kappa shape index (κ3) is 4.28. The summed E-state index contributed by atoms with van der Waals surface area (Å²) in [6, 6.07) is 3.33. The number of halogens is 2. The topological polar surface area (TPSA) is 66.4 Å². The molecule has 0 unspecified atom stereocenters. The lowest BCUT2D eigenvalue weighted by atomic mass is 9.85. The van der Waals surface area contributed by atoms with Gasteiger partial charge in [0.05, 0.1) is 10.5 Å². The maximum atomic E-state index is 12.4. The number of nitrogens with one attached hydrogen (secondary N) is 1. The zero-order valence-electron chi connectivity index (χ0n) is 11.8. The van der Waals surface area contributed by atoms with Gasteiger partial charge in [-0.1, -0.05) is 35.2 Å². The molecule has 0 heterocycles. The zero-order chi connectivity index (χ0) is 15.7. The summed E-state index contributed by atoms with van der Waals surface area (Å²) in [6.45, 7) is 1.96. The van der Waals surface area contributed by atoms with Crippen LogP contribution in [-0.4, -0.2) is 25.7 Å². The average Bonchev–Trinajstić information content (AvgIpc) is 2.42. The highest BCUT2D eigenvalue weighted by atomic mass is 79.9. The van der Waals surface area contributed by atoms with Crippen molar-refractivity contribution < 1.29 is 13.5 Å². The number of rotatable bonds is 4. The predicted molar refractivity (Wildman–Crippen MR) is 89.8 cm³/mol. The van der Waals surface area contributed by atoms with Crippen molar-refractivity contribution in [3.05, 3.63) is 26.6 Å². The van der Waals surface area contributed by atoms with Gasteiger partial charge >= 0.3 is 0 Å². The van der Waals surface area contributed by atoms with E-state index in [1.165, 1.54) is 0 Å². The molecule has 1 aromatic carbocycles. The second-order valence-electron chi connectivity index (χ2n) is 5.64. The molecule has 0 atom stereocenters. The molecule has 1 aromatic rings. The largest absolute Gasteiger partial charge is 0.389 e. The van der Waals surface area contributed by atoms with Crippen LogP contribution in [0, 0.1) is 6.92 Å². The molecule has 1 aliphatic carbocycles. The summed E-state index contributed by atoms with van der Waals surface area (Å²) >= 11 is 6.64. The Balaban J connectivity index is 2.17. The first kappa shape index (κ1) is 17.4. The van der Waals surface area contributed by atoms with Gasteiger partial charge in [-0.05, 0) is 53.4 Å². The van der Waals surface area contributed by atoms with E-state index >= 15 is 0 Å². The maximum Gasteiger partial charge on any atom is 0.241 e. The third-order valence-electron chi connectivity index (χ3n) is 3.88. The van der Waals surface area contributed by atoms with Gasteiger partial charge in [0.1, 0.15) is 0 Å². The Morgan fingerprint density at radius 3 is 2.43 bits per heavy atom. The molecule has 1 saturated carbocycles. The van der Waals surface area contributed by atoms with E-state index in [1.807, 2.05) is 6.92 Å². The summed E-state index contributed by atoms with van der Waals surface area (Å²) < 4.78 is 28.7. The lowest BCUT2D eigenvalue weighted by molar-refractivity contribution is 0.00945. The second kappa shape index (κ2) is 6.66. The van der Waals surface area contributed by atoms with Crippen LogP contribution in [0.4, 0.5) is 0 Å². The van der Waals surface area contributed by atoms with Crippen molar-refractivity contribution >= 4 is 41.9 Å². The highest BCUT2D eigenvalue weighted by Crippen LogP contribution is 2.30. The molecule has 2 rings (SSSR count). The number of sulfonamides is 1. The van der Waals surface area contributed by atoms with Crippen molar-refractivity contribution in [1.29, 1.82) is 0 Å². The van der Waals surface area contributed by atoms with Gasteiger partial charge in [-0.2, -0.15) is 0 Å². The van der Waals surface area contributed by atoms with Crippen molar-refractivity contribution in [1.82, 2.24) is 4.72 Å². The van der Waals surface area contributed by atoms with E-state index < -0.39 is 15.6 Å². The Morgan fingerprint density at radius 1 is 1.19 bits per heavy atom. The number of aliphatic hydroxyl groups is 1. The number of hydrogen-bond donors (Lipinski definition) is 2. The van der Waals surface area contributed by atoms with Crippen LogP contribution in [0.3, 0.4) is 0 Å². The predicted octanol–water partition coefficient (Wildman–Crippen LogP) is 3.49. The van der Waals surface area contributed by atoms with Gasteiger partial charge in [-0.25, -0.2) is 13.1 Å². The molecule has 0 spiro atoms. The normalized spacial score (nSPS) is 18.7. The fourth-order valence-electron chi connectivity index (χ4n) is 2.53. The second-order valence-corrected chi connectivity index (χ2v) is 9.09.